The molecule has 4 amide bonds. The van der Waals surface area contributed by atoms with Gasteiger partial charge in [-0.15, -0.1) is 0 Å². The Hall–Kier alpha value is -3.29. The number of amides is 4. The zero-order valence-electron chi connectivity index (χ0n) is 40.1. The van der Waals surface area contributed by atoms with Crippen molar-refractivity contribution >= 4 is 44.1 Å². The van der Waals surface area contributed by atoms with Gasteiger partial charge in [-0.25, -0.2) is 14.4 Å². The van der Waals surface area contributed by atoms with Gasteiger partial charge in [0, 0.05) is 30.4 Å². The largest absolute Gasteiger partial charge is 0.460 e. The van der Waals surface area contributed by atoms with Gasteiger partial charge in [-0.2, -0.15) is 11.8 Å². The highest BCUT2D eigenvalue weighted by atomic mass is 32.2. The number of allylic oxidation sites excluding steroid dienone is 8. The minimum atomic E-state index is -1.78. The number of ether oxygens (including phenoxy) is 2. The molecule has 2 saturated heterocycles. The molecule has 1 unspecified atom stereocenters. The summed E-state index contributed by atoms with van der Waals surface area (Å²) in [7, 11) is -1.78. The number of alkyl carbamates (subject to hydrolysis) is 1. The lowest BCUT2D eigenvalue weighted by molar-refractivity contribution is -0.153. The number of unbranched alkanes of at least 4 members (excludes halogenated alkanes) is 2. The fraction of sp³-hybridized carbons (Fsp3) is 0.714. The summed E-state index contributed by atoms with van der Waals surface area (Å²) in [5.41, 5.74) is 5.45. The zero-order chi connectivity index (χ0) is 45.9. The summed E-state index contributed by atoms with van der Waals surface area (Å²) in [6, 6.07) is -0.556. The van der Waals surface area contributed by atoms with Gasteiger partial charge >= 0.3 is 18.1 Å². The Morgan fingerprint density at radius 1 is 1.03 bits per heavy atom. The van der Waals surface area contributed by atoms with Crippen LogP contribution in [0.5, 0.6) is 0 Å². The molecule has 0 aromatic heterocycles. The number of carbonyl (C=O) groups excluding carboxylic acids is 4. The van der Waals surface area contributed by atoms with Gasteiger partial charge < -0.3 is 35.2 Å². The van der Waals surface area contributed by atoms with Gasteiger partial charge in [0.25, 0.3) is 0 Å². The van der Waals surface area contributed by atoms with Crippen LogP contribution in [0.2, 0.25) is 18.1 Å². The Balaban J connectivity index is 1.27. The maximum absolute atomic E-state index is 13.7. The molecule has 11 nitrogen and oxygen atoms in total. The van der Waals surface area contributed by atoms with Crippen molar-refractivity contribution in [1.82, 2.24) is 21.3 Å². The summed E-state index contributed by atoms with van der Waals surface area (Å²) in [5.74, 6) is 0.478. The van der Waals surface area contributed by atoms with Crippen molar-refractivity contribution in [2.45, 2.75) is 199 Å². The molecule has 4 aliphatic rings. The second-order valence-electron chi connectivity index (χ2n) is 21.0. The quantitative estimate of drug-likeness (QED) is 0.0461. The Kier molecular flexibility index (Phi) is 18.7. The highest BCUT2D eigenvalue weighted by Gasteiger charge is 2.43. The molecule has 0 aromatic carbocycles. The molecule has 0 radical (unpaired) electrons. The molecule has 2 aliphatic carbocycles. The Morgan fingerprint density at radius 3 is 2.47 bits per heavy atom. The molecule has 0 saturated carbocycles. The molecule has 4 N–H and O–H groups in total. The molecule has 2 aliphatic heterocycles. The third kappa shape index (κ3) is 16.1. The maximum Gasteiger partial charge on any atom is 0.408 e. The van der Waals surface area contributed by atoms with E-state index >= 15 is 0 Å². The lowest BCUT2D eigenvalue weighted by Crippen LogP contribution is -2.46. The zero-order valence-corrected chi connectivity index (χ0v) is 42.0. The van der Waals surface area contributed by atoms with Crippen molar-refractivity contribution in [3.8, 4) is 0 Å². The fourth-order valence-electron chi connectivity index (χ4n) is 8.49. The highest BCUT2D eigenvalue weighted by molar-refractivity contribution is 8.00. The average molecular weight is 897 g/mol. The second-order valence-corrected chi connectivity index (χ2v) is 27.1. The van der Waals surface area contributed by atoms with E-state index in [2.05, 4.69) is 113 Å². The minimum Gasteiger partial charge on any atom is -0.460 e. The van der Waals surface area contributed by atoms with Crippen LogP contribution in [0.3, 0.4) is 0 Å². The van der Waals surface area contributed by atoms with Gasteiger partial charge in [-0.05, 0) is 138 Å². The molecular weight excluding hydrogens is 817 g/mol. The van der Waals surface area contributed by atoms with E-state index in [0.29, 0.717) is 56.9 Å². The van der Waals surface area contributed by atoms with Crippen molar-refractivity contribution in [1.29, 1.82) is 0 Å². The first kappa shape index (κ1) is 51.3. The van der Waals surface area contributed by atoms with E-state index in [-0.39, 0.29) is 40.6 Å². The lowest BCUT2D eigenvalue weighted by Gasteiger charge is -2.38. The summed E-state index contributed by atoms with van der Waals surface area (Å²) < 4.78 is 18.1. The number of carbonyl (C=O) groups is 4. The SMILES string of the molecule is CC1=C(/C=C/C(C)=C2C=C/C(=C/CO[Si](C)(C)C(C)(C)C)CCC/2)C(C)(C)CC(OC(=O)[C@H](CCCCNC(=O)CCCC[C@@H]2SC[C@@H]3NC(=O)N[C@@H]32)NC(=O)OC(C)(C)C)C1. The molecule has 0 aromatic rings. The number of fused-ring (bicyclic) bond motifs is 1. The van der Waals surface area contributed by atoms with Crippen molar-refractivity contribution in [2.75, 3.05) is 18.9 Å². The standard InChI is InChI=1S/C49H80N4O7SSi/c1-33(36-19-17-18-35(24-25-36)27-29-58-62(11,12)48(6,7)8)23-26-38-34(2)30-37(31-49(38,9)10)59-44(55)39(52-46(57)60-47(3,4)5)20-15-16-28-50-42(54)22-14-13-21-41-43-40(32-61-41)51-45(56)53-43/h23-27,37,39-41,43H,13-22,28-32H2,1-12H3,(H,50,54)(H,52,57)(H2,51,53,56)/b26-23+,35-27+,36-33+/t37?,39-,40-,41-,43-/m0/s1. The van der Waals surface area contributed by atoms with E-state index in [1.165, 1.54) is 27.9 Å². The number of esters is 1. The molecular formula is C49H80N4O7SSi. The molecule has 2 fully saturated rings. The third-order valence-electron chi connectivity index (χ3n) is 13.1. The molecule has 62 heavy (non-hydrogen) atoms. The van der Waals surface area contributed by atoms with E-state index in [1.807, 2.05) is 11.8 Å². The summed E-state index contributed by atoms with van der Waals surface area (Å²) in [4.78, 5) is 50.8. The van der Waals surface area contributed by atoms with Crippen LogP contribution in [-0.2, 0) is 23.5 Å². The van der Waals surface area contributed by atoms with Crippen LogP contribution in [0, 0.1) is 5.41 Å². The van der Waals surface area contributed by atoms with Crippen LogP contribution in [0.4, 0.5) is 9.59 Å². The number of rotatable bonds is 18. The van der Waals surface area contributed by atoms with Crippen molar-refractivity contribution in [3.05, 3.63) is 58.2 Å². The number of nitrogens with one attached hydrogen (secondary N) is 4. The number of hydrogen-bond acceptors (Lipinski definition) is 8. The number of thioether (sulfide) groups is 1. The van der Waals surface area contributed by atoms with E-state index in [4.69, 9.17) is 13.9 Å². The van der Waals surface area contributed by atoms with Gasteiger partial charge in [0.2, 0.25) is 5.91 Å². The molecule has 5 atom stereocenters. The van der Waals surface area contributed by atoms with Crippen LogP contribution in [-0.4, -0.2) is 86.3 Å². The van der Waals surface area contributed by atoms with Crippen LogP contribution in [0.15, 0.2) is 58.2 Å². The average Bonchev–Trinajstić information content (AvgIpc) is 3.60. The molecule has 2 heterocycles. The number of urea groups is 1. The van der Waals surface area contributed by atoms with Gasteiger partial charge in [-0.1, -0.05) is 77.0 Å². The van der Waals surface area contributed by atoms with E-state index in [9.17, 15) is 19.2 Å². The van der Waals surface area contributed by atoms with Gasteiger partial charge in [0.15, 0.2) is 8.32 Å². The third-order valence-corrected chi connectivity index (χ3v) is 19.1. The smallest absolute Gasteiger partial charge is 0.408 e. The van der Waals surface area contributed by atoms with Crippen LogP contribution in [0.25, 0.3) is 0 Å². The van der Waals surface area contributed by atoms with Gasteiger partial charge in [-0.3, -0.25) is 4.79 Å². The van der Waals surface area contributed by atoms with E-state index < -0.39 is 32.0 Å². The Bertz CT molecular complexity index is 1750. The molecule has 4 rings (SSSR count). The molecule has 0 spiro atoms. The van der Waals surface area contributed by atoms with Crippen molar-refractivity contribution < 1.29 is 33.1 Å². The first-order chi connectivity index (χ1) is 28.9. The lowest BCUT2D eigenvalue weighted by atomic mass is 9.71. The van der Waals surface area contributed by atoms with Gasteiger partial charge in [0.1, 0.15) is 17.7 Å². The van der Waals surface area contributed by atoms with Crippen LogP contribution in [0.1, 0.15) is 146 Å². The number of hydrogen-bond donors (Lipinski definition) is 4. The molecule has 13 heteroatoms. The highest BCUT2D eigenvalue weighted by Crippen LogP contribution is 2.43. The predicted molar refractivity (Wildman–Crippen MR) is 256 cm³/mol. The molecule has 0 bridgehead atoms. The Morgan fingerprint density at radius 2 is 1.77 bits per heavy atom. The predicted octanol–water partition coefficient (Wildman–Crippen LogP) is 10.5. The molecule has 348 valence electrons. The fourth-order valence-corrected chi connectivity index (χ4v) is 11.0. The first-order valence-corrected chi connectivity index (χ1v) is 27.1. The normalized spacial score (nSPS) is 24.9. The van der Waals surface area contributed by atoms with Crippen LogP contribution < -0.4 is 21.3 Å². The van der Waals surface area contributed by atoms with Gasteiger partial charge in [0.05, 0.1) is 18.7 Å². The van der Waals surface area contributed by atoms with E-state index in [1.54, 1.807) is 20.8 Å². The topological polar surface area (TPSA) is 144 Å². The first-order valence-electron chi connectivity index (χ1n) is 23.2. The minimum absolute atomic E-state index is 0.0106. The van der Waals surface area contributed by atoms with Crippen molar-refractivity contribution in [2.24, 2.45) is 5.41 Å². The second kappa shape index (κ2) is 22.6. The maximum atomic E-state index is 13.7. The summed E-state index contributed by atoms with van der Waals surface area (Å²) >= 11 is 1.89. The Labute approximate surface area is 379 Å². The monoisotopic (exact) mass is 897 g/mol. The summed E-state index contributed by atoms with van der Waals surface area (Å²) in [6.45, 7) is 26.7. The van der Waals surface area contributed by atoms with E-state index in [0.717, 1.165) is 44.3 Å². The summed E-state index contributed by atoms with van der Waals surface area (Å²) in [6.07, 6.45) is 19.6. The summed E-state index contributed by atoms with van der Waals surface area (Å²) in [5, 5.41) is 12.4. The van der Waals surface area contributed by atoms with Crippen molar-refractivity contribution in [3.63, 3.8) is 0 Å². The van der Waals surface area contributed by atoms with Crippen LogP contribution >= 0.6 is 11.8 Å².